The summed E-state index contributed by atoms with van der Waals surface area (Å²) in [6, 6.07) is 0. The number of esters is 1. The van der Waals surface area contributed by atoms with Crippen LogP contribution >= 0.6 is 0 Å². The lowest BCUT2D eigenvalue weighted by Crippen LogP contribution is -2.09. The molecule has 0 rings (SSSR count). The highest BCUT2D eigenvalue weighted by Gasteiger charge is 2.04. The van der Waals surface area contributed by atoms with Gasteiger partial charge in [-0.2, -0.15) is 0 Å². The van der Waals surface area contributed by atoms with E-state index in [1.807, 2.05) is 6.92 Å². The SMILES string of the molecule is C=C(COCC)C(=O)OC. The lowest BCUT2D eigenvalue weighted by Gasteiger charge is -2.01. The normalized spacial score (nSPS) is 9.00. The number of rotatable bonds is 4. The standard InChI is InChI=1S/C7H12O3/c1-4-10-5-6(2)7(8)9-3/h2,4-5H2,1,3H3. The van der Waals surface area contributed by atoms with Gasteiger partial charge in [-0.05, 0) is 6.92 Å². The van der Waals surface area contributed by atoms with Crippen LogP contribution in [0, 0.1) is 0 Å². The molecule has 10 heavy (non-hydrogen) atoms. The Morgan fingerprint density at radius 1 is 1.60 bits per heavy atom. The molecule has 0 heterocycles. The average Bonchev–Trinajstić information content (AvgIpc) is 1.98. The van der Waals surface area contributed by atoms with Gasteiger partial charge in [0.2, 0.25) is 0 Å². The van der Waals surface area contributed by atoms with Crippen LogP contribution in [0.3, 0.4) is 0 Å². The van der Waals surface area contributed by atoms with Crippen molar-refractivity contribution in [1.82, 2.24) is 0 Å². The first kappa shape index (κ1) is 9.17. The second-order valence-corrected chi connectivity index (χ2v) is 1.73. The minimum atomic E-state index is -0.409. The van der Waals surface area contributed by atoms with E-state index in [2.05, 4.69) is 11.3 Å². The summed E-state index contributed by atoms with van der Waals surface area (Å²) >= 11 is 0. The maximum absolute atomic E-state index is 10.6. The second-order valence-electron chi connectivity index (χ2n) is 1.73. The van der Waals surface area contributed by atoms with Crippen molar-refractivity contribution in [1.29, 1.82) is 0 Å². The lowest BCUT2D eigenvalue weighted by atomic mass is 10.3. The number of methoxy groups -OCH3 is 1. The van der Waals surface area contributed by atoms with Crippen LogP contribution in [-0.2, 0) is 14.3 Å². The molecule has 0 fully saturated rings. The zero-order chi connectivity index (χ0) is 7.98. The van der Waals surface area contributed by atoms with Crippen molar-refractivity contribution in [3.63, 3.8) is 0 Å². The van der Waals surface area contributed by atoms with Gasteiger partial charge in [0.15, 0.2) is 0 Å². The molecule has 0 radical (unpaired) electrons. The van der Waals surface area contributed by atoms with E-state index in [0.29, 0.717) is 12.2 Å². The van der Waals surface area contributed by atoms with Gasteiger partial charge in [-0.1, -0.05) is 6.58 Å². The maximum atomic E-state index is 10.6. The van der Waals surface area contributed by atoms with Crippen LogP contribution in [-0.4, -0.2) is 26.3 Å². The Morgan fingerprint density at radius 3 is 2.60 bits per heavy atom. The van der Waals surface area contributed by atoms with Crippen LogP contribution in [0.1, 0.15) is 6.92 Å². The number of carbonyl (C=O) groups excluding carboxylic acids is 1. The Labute approximate surface area is 60.6 Å². The molecule has 0 amide bonds. The summed E-state index contributed by atoms with van der Waals surface area (Å²) in [4.78, 5) is 10.6. The molecule has 0 aliphatic rings. The molecule has 0 bridgehead atoms. The molecule has 0 saturated carbocycles. The van der Waals surface area contributed by atoms with Gasteiger partial charge in [-0.25, -0.2) is 4.79 Å². The molecule has 0 aliphatic carbocycles. The van der Waals surface area contributed by atoms with Crippen LogP contribution in [0.25, 0.3) is 0 Å². The third-order valence-electron chi connectivity index (χ3n) is 0.954. The Morgan fingerprint density at radius 2 is 2.20 bits per heavy atom. The van der Waals surface area contributed by atoms with E-state index >= 15 is 0 Å². The minimum absolute atomic E-state index is 0.253. The average molecular weight is 144 g/mol. The van der Waals surface area contributed by atoms with Crippen LogP contribution in [0.2, 0.25) is 0 Å². The van der Waals surface area contributed by atoms with Gasteiger partial charge >= 0.3 is 5.97 Å². The zero-order valence-corrected chi connectivity index (χ0v) is 6.35. The molecule has 0 N–H and O–H groups in total. The number of hydrogen-bond donors (Lipinski definition) is 0. The fourth-order valence-corrected chi connectivity index (χ4v) is 0.429. The van der Waals surface area contributed by atoms with E-state index in [9.17, 15) is 4.79 Å². The summed E-state index contributed by atoms with van der Waals surface area (Å²) in [6.45, 7) is 6.15. The van der Waals surface area contributed by atoms with E-state index in [0.717, 1.165) is 0 Å². The Bertz CT molecular complexity index is 129. The van der Waals surface area contributed by atoms with Crippen molar-refractivity contribution in [2.45, 2.75) is 6.92 Å². The molecule has 3 heteroatoms. The summed E-state index contributed by atoms with van der Waals surface area (Å²) in [5, 5.41) is 0. The van der Waals surface area contributed by atoms with E-state index < -0.39 is 5.97 Å². The molecule has 58 valence electrons. The largest absolute Gasteiger partial charge is 0.466 e. The molecule has 0 aromatic rings. The van der Waals surface area contributed by atoms with Crippen molar-refractivity contribution in [3.8, 4) is 0 Å². The van der Waals surface area contributed by atoms with Crippen molar-refractivity contribution >= 4 is 5.97 Å². The molecule has 0 aliphatic heterocycles. The van der Waals surface area contributed by atoms with Crippen molar-refractivity contribution in [2.24, 2.45) is 0 Å². The number of carbonyl (C=O) groups is 1. The molecule has 3 nitrogen and oxygen atoms in total. The van der Waals surface area contributed by atoms with Gasteiger partial charge in [-0.15, -0.1) is 0 Å². The van der Waals surface area contributed by atoms with Gasteiger partial charge in [0, 0.05) is 6.61 Å². The molecule has 0 aromatic heterocycles. The highest BCUT2D eigenvalue weighted by atomic mass is 16.5. The quantitative estimate of drug-likeness (QED) is 0.431. The summed E-state index contributed by atoms with van der Waals surface area (Å²) < 4.78 is 9.31. The molecule has 0 spiro atoms. The third kappa shape index (κ3) is 3.25. The minimum Gasteiger partial charge on any atom is -0.466 e. The second kappa shape index (κ2) is 4.99. The fourth-order valence-electron chi connectivity index (χ4n) is 0.429. The smallest absolute Gasteiger partial charge is 0.335 e. The number of ether oxygens (including phenoxy) is 2. The fraction of sp³-hybridized carbons (Fsp3) is 0.571. The monoisotopic (exact) mass is 144 g/mol. The highest BCUT2D eigenvalue weighted by molar-refractivity contribution is 5.87. The van der Waals surface area contributed by atoms with Gasteiger partial charge in [0.05, 0.1) is 19.3 Å². The predicted molar refractivity (Wildman–Crippen MR) is 37.6 cm³/mol. The maximum Gasteiger partial charge on any atom is 0.335 e. The summed E-state index contributed by atoms with van der Waals surface area (Å²) in [7, 11) is 1.32. The van der Waals surface area contributed by atoms with Crippen LogP contribution in [0.15, 0.2) is 12.2 Å². The van der Waals surface area contributed by atoms with E-state index in [-0.39, 0.29) is 6.61 Å². The zero-order valence-electron chi connectivity index (χ0n) is 6.35. The Hall–Kier alpha value is -0.830. The first-order valence-electron chi connectivity index (χ1n) is 3.06. The molecule has 0 aromatic carbocycles. The summed E-state index contributed by atoms with van der Waals surface area (Å²) in [5.41, 5.74) is 0.351. The first-order valence-corrected chi connectivity index (χ1v) is 3.06. The summed E-state index contributed by atoms with van der Waals surface area (Å²) in [6.07, 6.45) is 0. The predicted octanol–water partition coefficient (Wildman–Crippen LogP) is 0.752. The van der Waals surface area contributed by atoms with E-state index in [1.54, 1.807) is 0 Å². The van der Waals surface area contributed by atoms with Crippen molar-refractivity contribution < 1.29 is 14.3 Å². The molecular formula is C7H12O3. The Balaban J connectivity index is 3.52. The van der Waals surface area contributed by atoms with Gasteiger partial charge in [0.25, 0.3) is 0 Å². The van der Waals surface area contributed by atoms with Crippen molar-refractivity contribution in [2.75, 3.05) is 20.3 Å². The van der Waals surface area contributed by atoms with Gasteiger partial charge < -0.3 is 9.47 Å². The van der Waals surface area contributed by atoms with Gasteiger partial charge in [0.1, 0.15) is 0 Å². The highest BCUT2D eigenvalue weighted by Crippen LogP contribution is 1.93. The van der Waals surface area contributed by atoms with Gasteiger partial charge in [-0.3, -0.25) is 0 Å². The first-order chi connectivity index (χ1) is 4.72. The van der Waals surface area contributed by atoms with Crippen LogP contribution in [0.4, 0.5) is 0 Å². The molecular weight excluding hydrogens is 132 g/mol. The van der Waals surface area contributed by atoms with Crippen LogP contribution in [0.5, 0.6) is 0 Å². The van der Waals surface area contributed by atoms with E-state index in [1.165, 1.54) is 7.11 Å². The van der Waals surface area contributed by atoms with E-state index in [4.69, 9.17) is 4.74 Å². The lowest BCUT2D eigenvalue weighted by molar-refractivity contribution is -0.136. The number of hydrogen-bond acceptors (Lipinski definition) is 3. The van der Waals surface area contributed by atoms with Crippen molar-refractivity contribution in [3.05, 3.63) is 12.2 Å². The molecule has 0 unspecified atom stereocenters. The van der Waals surface area contributed by atoms with Crippen LogP contribution < -0.4 is 0 Å². The molecule has 0 saturated heterocycles. The Kier molecular flexibility index (Phi) is 4.58. The summed E-state index contributed by atoms with van der Waals surface area (Å²) in [5.74, 6) is -0.409. The molecule has 0 atom stereocenters. The third-order valence-corrected chi connectivity index (χ3v) is 0.954. The topological polar surface area (TPSA) is 35.5 Å².